The van der Waals surface area contributed by atoms with Crippen LogP contribution in [0.4, 0.5) is 0 Å². The molecule has 0 aliphatic carbocycles. The minimum Gasteiger partial charge on any atom is -0.356 e. The van der Waals surface area contributed by atoms with Crippen LogP contribution in [0, 0.1) is 10.8 Å². The van der Waals surface area contributed by atoms with Crippen LogP contribution < -0.4 is 0 Å². The molecule has 5 heteroatoms. The zero-order chi connectivity index (χ0) is 16.5. The minimum atomic E-state index is -0.568. The molecule has 118 valence electrons. The van der Waals surface area contributed by atoms with Gasteiger partial charge in [0.05, 0.1) is 11.2 Å². The summed E-state index contributed by atoms with van der Waals surface area (Å²) in [5, 5.41) is 1.77. The zero-order valence-electron chi connectivity index (χ0n) is 13.7. The van der Waals surface area contributed by atoms with Crippen LogP contribution in [-0.4, -0.2) is 21.5 Å². The Hall–Kier alpha value is -1.75. The van der Waals surface area contributed by atoms with Crippen molar-refractivity contribution in [2.75, 3.05) is 0 Å². The van der Waals surface area contributed by atoms with Gasteiger partial charge in [0.1, 0.15) is 5.69 Å². The number of H-pyrrole nitrogens is 1. The second kappa shape index (κ2) is 5.80. The monoisotopic (exact) mass is 318 g/mol. The van der Waals surface area contributed by atoms with Crippen LogP contribution in [0.3, 0.4) is 0 Å². The lowest BCUT2D eigenvalue weighted by molar-refractivity contribution is 0.0832. The third-order valence-corrected chi connectivity index (χ3v) is 4.17. The summed E-state index contributed by atoms with van der Waals surface area (Å²) < 4.78 is 0. The maximum Gasteiger partial charge on any atom is 0.187 e. The average Bonchev–Trinajstić information content (AvgIpc) is 3.06. The van der Waals surface area contributed by atoms with E-state index >= 15 is 0 Å². The first kappa shape index (κ1) is 16.6. The van der Waals surface area contributed by atoms with Gasteiger partial charge in [0.25, 0.3) is 0 Å². The number of nitrogens with zero attached hydrogens (tertiary/aromatic N) is 1. The Labute approximate surface area is 135 Å². The Kier molecular flexibility index (Phi) is 4.38. The molecule has 2 rings (SSSR count). The Morgan fingerprint density at radius 1 is 1.14 bits per heavy atom. The van der Waals surface area contributed by atoms with Crippen LogP contribution >= 0.6 is 11.3 Å². The fraction of sp³-hybridized carbons (Fsp3) is 0.471. The molecule has 2 aromatic heterocycles. The summed E-state index contributed by atoms with van der Waals surface area (Å²) >= 11 is 1.42. The lowest BCUT2D eigenvalue weighted by Crippen LogP contribution is -2.27. The van der Waals surface area contributed by atoms with Crippen LogP contribution in [0.25, 0.3) is 0 Å². The third-order valence-electron chi connectivity index (χ3n) is 3.58. The van der Waals surface area contributed by atoms with Crippen molar-refractivity contribution in [3.8, 4) is 0 Å². The maximum atomic E-state index is 12.5. The molecule has 0 atom stereocenters. The molecule has 0 saturated heterocycles. The lowest BCUT2D eigenvalue weighted by Gasteiger charge is -2.21. The van der Waals surface area contributed by atoms with Gasteiger partial charge >= 0.3 is 0 Å². The number of thiazole rings is 1. The largest absolute Gasteiger partial charge is 0.356 e. The molecular formula is C17H22N2O2S. The fourth-order valence-corrected chi connectivity index (χ4v) is 2.84. The molecule has 1 N–H and O–H groups in total. The highest BCUT2D eigenvalue weighted by Gasteiger charge is 2.31. The smallest absolute Gasteiger partial charge is 0.187 e. The van der Waals surface area contributed by atoms with Crippen LogP contribution in [0.2, 0.25) is 0 Å². The predicted octanol–water partition coefficient (Wildman–Crippen LogP) is 4.15. The number of nitrogens with one attached hydrogen (secondary N) is 1. The van der Waals surface area contributed by atoms with E-state index in [2.05, 4.69) is 9.97 Å². The van der Waals surface area contributed by atoms with E-state index in [4.69, 9.17) is 0 Å². The molecule has 2 aromatic rings. The molecule has 0 saturated carbocycles. The molecule has 0 amide bonds. The van der Waals surface area contributed by atoms with Gasteiger partial charge < -0.3 is 4.98 Å². The zero-order valence-corrected chi connectivity index (χ0v) is 14.5. The van der Waals surface area contributed by atoms with Crippen molar-refractivity contribution in [2.24, 2.45) is 10.8 Å². The molecule has 0 bridgehead atoms. The molecule has 0 fully saturated rings. The summed E-state index contributed by atoms with van der Waals surface area (Å²) in [6.45, 7) is 9.49. The normalized spacial score (nSPS) is 12.4. The van der Waals surface area contributed by atoms with Crippen LogP contribution in [0.1, 0.15) is 61.3 Å². The molecule has 0 aliphatic rings. The molecule has 0 aromatic carbocycles. The Balaban J connectivity index is 2.16. The van der Waals surface area contributed by atoms with Crippen molar-refractivity contribution in [2.45, 2.75) is 41.0 Å². The van der Waals surface area contributed by atoms with Crippen molar-refractivity contribution in [3.05, 3.63) is 40.1 Å². The lowest BCUT2D eigenvalue weighted by atomic mass is 9.82. The van der Waals surface area contributed by atoms with Crippen molar-refractivity contribution in [3.63, 3.8) is 0 Å². The summed E-state index contributed by atoms with van der Waals surface area (Å²) in [5.74, 6) is 0.0921. The molecule has 0 radical (unpaired) electrons. The predicted molar refractivity (Wildman–Crippen MR) is 88.5 cm³/mol. The maximum absolute atomic E-state index is 12.5. The van der Waals surface area contributed by atoms with Crippen molar-refractivity contribution in [1.82, 2.24) is 9.97 Å². The van der Waals surface area contributed by atoms with Gasteiger partial charge in [-0.3, -0.25) is 9.59 Å². The van der Waals surface area contributed by atoms with E-state index < -0.39 is 10.8 Å². The van der Waals surface area contributed by atoms with Gasteiger partial charge in [-0.25, -0.2) is 4.98 Å². The second-order valence-electron chi connectivity index (χ2n) is 7.24. The molecule has 0 unspecified atom stereocenters. The minimum absolute atomic E-state index is 0.0204. The number of hydrogen-bond acceptors (Lipinski definition) is 4. The average molecular weight is 318 g/mol. The number of carbonyl (C=O) groups is 2. The molecular weight excluding hydrogens is 296 g/mol. The molecule has 0 spiro atoms. The van der Waals surface area contributed by atoms with Gasteiger partial charge in [0.15, 0.2) is 11.6 Å². The van der Waals surface area contributed by atoms with E-state index in [1.54, 1.807) is 17.0 Å². The van der Waals surface area contributed by atoms with Gasteiger partial charge in [0.2, 0.25) is 0 Å². The first-order chi connectivity index (χ1) is 10.1. The first-order valence-electron chi connectivity index (χ1n) is 7.27. The van der Waals surface area contributed by atoms with E-state index in [9.17, 15) is 9.59 Å². The van der Waals surface area contributed by atoms with Gasteiger partial charge in [-0.15, -0.1) is 11.3 Å². The summed E-state index contributed by atoms with van der Waals surface area (Å²) in [7, 11) is 0. The number of Topliss-reactive ketones (excluding diaryl/α,β-unsaturated/α-hetero) is 2. The van der Waals surface area contributed by atoms with Crippen molar-refractivity contribution < 1.29 is 9.59 Å². The Morgan fingerprint density at radius 2 is 1.82 bits per heavy atom. The van der Waals surface area contributed by atoms with E-state index in [-0.39, 0.29) is 11.6 Å². The summed E-state index contributed by atoms with van der Waals surface area (Å²) in [5.41, 5.74) is 2.67. The highest BCUT2D eigenvalue weighted by molar-refractivity contribution is 7.07. The van der Waals surface area contributed by atoms with Crippen LogP contribution in [-0.2, 0) is 6.42 Å². The molecule has 22 heavy (non-hydrogen) atoms. The van der Waals surface area contributed by atoms with Crippen LogP contribution in [0.15, 0.2) is 23.0 Å². The van der Waals surface area contributed by atoms with E-state index in [1.807, 2.05) is 40.7 Å². The van der Waals surface area contributed by atoms with Gasteiger partial charge in [-0.05, 0) is 18.6 Å². The highest BCUT2D eigenvalue weighted by Crippen LogP contribution is 2.27. The number of aromatic amines is 1. The number of aromatic nitrogens is 2. The number of rotatable bonds is 5. The van der Waals surface area contributed by atoms with E-state index in [0.717, 1.165) is 5.69 Å². The standard InChI is InChI=1S/C17H22N2O2S/c1-16(2,3)14(20)12-7-6-11(19-12)8-17(4,5)15(21)13-9-22-10-18-13/h6-7,9-10,19H,8H2,1-5H3. The molecule has 0 aliphatic heterocycles. The Morgan fingerprint density at radius 3 is 2.36 bits per heavy atom. The van der Waals surface area contributed by atoms with E-state index in [1.165, 1.54) is 11.3 Å². The van der Waals surface area contributed by atoms with Gasteiger partial charge in [0, 0.05) is 21.9 Å². The van der Waals surface area contributed by atoms with Gasteiger partial charge in [-0.1, -0.05) is 34.6 Å². The van der Waals surface area contributed by atoms with E-state index in [0.29, 0.717) is 17.8 Å². The second-order valence-corrected chi connectivity index (χ2v) is 7.96. The number of carbonyl (C=O) groups excluding carboxylic acids is 2. The number of hydrogen-bond donors (Lipinski definition) is 1. The Bertz CT molecular complexity index is 676. The number of ketones is 2. The topological polar surface area (TPSA) is 62.8 Å². The van der Waals surface area contributed by atoms with Crippen LogP contribution in [0.5, 0.6) is 0 Å². The summed E-state index contributed by atoms with van der Waals surface area (Å²) in [4.78, 5) is 32.0. The first-order valence-corrected chi connectivity index (χ1v) is 8.21. The third kappa shape index (κ3) is 3.53. The quantitative estimate of drug-likeness (QED) is 0.842. The molecule has 4 nitrogen and oxygen atoms in total. The summed E-state index contributed by atoms with van der Waals surface area (Å²) in [6, 6.07) is 3.68. The fourth-order valence-electron chi connectivity index (χ4n) is 2.31. The van der Waals surface area contributed by atoms with Crippen molar-refractivity contribution >= 4 is 22.9 Å². The molecule has 2 heterocycles. The van der Waals surface area contributed by atoms with Crippen molar-refractivity contribution in [1.29, 1.82) is 0 Å². The summed E-state index contributed by atoms with van der Waals surface area (Å²) in [6.07, 6.45) is 0.542. The van der Waals surface area contributed by atoms with Gasteiger partial charge in [-0.2, -0.15) is 0 Å². The highest BCUT2D eigenvalue weighted by atomic mass is 32.1. The SMILES string of the molecule is CC(C)(C)C(=O)c1ccc(CC(C)(C)C(=O)c2cscn2)[nH]1.